The first-order chi connectivity index (χ1) is 7.52. The van der Waals surface area contributed by atoms with E-state index in [9.17, 15) is 4.79 Å². The summed E-state index contributed by atoms with van der Waals surface area (Å²) in [6.45, 7) is 9.13. The molecular formula is C15H22O. The summed E-state index contributed by atoms with van der Waals surface area (Å²) >= 11 is 0. The Morgan fingerprint density at radius 1 is 1.31 bits per heavy atom. The van der Waals surface area contributed by atoms with E-state index in [1.807, 2.05) is 0 Å². The molecule has 2 bridgehead atoms. The van der Waals surface area contributed by atoms with Crippen LogP contribution in [-0.4, -0.2) is 6.29 Å². The maximum absolute atomic E-state index is 11.3. The summed E-state index contributed by atoms with van der Waals surface area (Å²) in [4.78, 5) is 11.3. The van der Waals surface area contributed by atoms with Gasteiger partial charge in [-0.05, 0) is 54.8 Å². The van der Waals surface area contributed by atoms with Gasteiger partial charge in [-0.15, -0.1) is 0 Å². The first kappa shape index (κ1) is 10.6. The largest absolute Gasteiger partial charge is 0.303 e. The maximum Gasteiger partial charge on any atom is 0.123 e. The lowest BCUT2D eigenvalue weighted by Gasteiger charge is -2.48. The zero-order valence-electron chi connectivity index (χ0n) is 10.5. The molecule has 0 N–H and O–H groups in total. The third kappa shape index (κ3) is 1.00. The van der Waals surface area contributed by atoms with Crippen molar-refractivity contribution in [2.24, 2.45) is 28.6 Å². The molecule has 1 heteroatoms. The molecule has 0 radical (unpaired) electrons. The highest BCUT2D eigenvalue weighted by molar-refractivity contribution is 5.57. The normalized spacial score (nSPS) is 49.1. The Hall–Kier alpha value is -0.590. The quantitative estimate of drug-likeness (QED) is 0.485. The molecule has 0 aliphatic heterocycles. The molecule has 3 saturated carbocycles. The summed E-state index contributed by atoms with van der Waals surface area (Å²) in [6.07, 6.45) is 7.43. The maximum atomic E-state index is 11.3. The second-order valence-corrected chi connectivity index (χ2v) is 6.79. The van der Waals surface area contributed by atoms with Crippen LogP contribution in [0.1, 0.15) is 46.0 Å². The summed E-state index contributed by atoms with van der Waals surface area (Å²) in [5.74, 6) is 1.74. The van der Waals surface area contributed by atoms with Crippen LogP contribution in [0, 0.1) is 28.6 Å². The van der Waals surface area contributed by atoms with E-state index < -0.39 is 0 Å². The van der Waals surface area contributed by atoms with Crippen LogP contribution < -0.4 is 0 Å². The van der Waals surface area contributed by atoms with E-state index in [1.165, 1.54) is 37.5 Å². The molecule has 3 rings (SSSR count). The summed E-state index contributed by atoms with van der Waals surface area (Å²) in [5.41, 5.74) is 2.09. The van der Waals surface area contributed by atoms with Crippen molar-refractivity contribution in [3.8, 4) is 0 Å². The standard InChI is InChI=1S/C15H22O/c1-10-13-5-4-12(9-16)15(13)7-6-11(8-15)14(10,2)3/h9,11-13H,1,4-8H2,2-3H3/t11-,12+,13?,15+/m1/s1. The molecule has 0 amide bonds. The van der Waals surface area contributed by atoms with Gasteiger partial charge >= 0.3 is 0 Å². The van der Waals surface area contributed by atoms with Gasteiger partial charge in [0, 0.05) is 5.92 Å². The van der Waals surface area contributed by atoms with E-state index in [0.717, 1.165) is 12.3 Å². The summed E-state index contributed by atoms with van der Waals surface area (Å²) in [6, 6.07) is 0. The minimum absolute atomic E-state index is 0.308. The number of aldehydes is 1. The van der Waals surface area contributed by atoms with Gasteiger partial charge < -0.3 is 4.79 Å². The van der Waals surface area contributed by atoms with Crippen molar-refractivity contribution >= 4 is 6.29 Å². The molecular weight excluding hydrogens is 196 g/mol. The number of allylic oxidation sites excluding steroid dienone is 1. The molecule has 3 aliphatic rings. The molecule has 0 heterocycles. The number of hydrogen-bond acceptors (Lipinski definition) is 1. The number of carbonyl (C=O) groups excluding carboxylic acids is 1. The minimum Gasteiger partial charge on any atom is -0.303 e. The Balaban J connectivity index is 2.06. The van der Waals surface area contributed by atoms with Crippen LogP contribution in [0.2, 0.25) is 0 Å². The fourth-order valence-corrected chi connectivity index (χ4v) is 4.99. The van der Waals surface area contributed by atoms with Gasteiger partial charge in [0.2, 0.25) is 0 Å². The van der Waals surface area contributed by atoms with E-state index >= 15 is 0 Å². The fraction of sp³-hybridized carbons (Fsp3) is 0.800. The highest BCUT2D eigenvalue weighted by Crippen LogP contribution is 2.69. The van der Waals surface area contributed by atoms with Crippen LogP contribution in [-0.2, 0) is 4.79 Å². The molecule has 4 atom stereocenters. The van der Waals surface area contributed by atoms with Crippen molar-refractivity contribution in [1.82, 2.24) is 0 Å². The summed E-state index contributed by atoms with van der Waals surface area (Å²) in [7, 11) is 0. The lowest BCUT2D eigenvalue weighted by molar-refractivity contribution is -0.114. The third-order valence-electron chi connectivity index (χ3n) is 6.22. The van der Waals surface area contributed by atoms with Gasteiger partial charge in [-0.2, -0.15) is 0 Å². The molecule has 0 saturated heterocycles. The molecule has 1 unspecified atom stereocenters. The van der Waals surface area contributed by atoms with E-state index in [2.05, 4.69) is 20.4 Å². The van der Waals surface area contributed by atoms with Gasteiger partial charge in [0.25, 0.3) is 0 Å². The van der Waals surface area contributed by atoms with E-state index in [-0.39, 0.29) is 0 Å². The molecule has 88 valence electrons. The van der Waals surface area contributed by atoms with Gasteiger partial charge in [0.05, 0.1) is 0 Å². The van der Waals surface area contributed by atoms with Crippen molar-refractivity contribution in [2.75, 3.05) is 0 Å². The summed E-state index contributed by atoms with van der Waals surface area (Å²) in [5, 5.41) is 0. The Morgan fingerprint density at radius 3 is 2.75 bits per heavy atom. The predicted molar refractivity (Wildman–Crippen MR) is 65.0 cm³/mol. The highest BCUT2D eigenvalue weighted by Gasteiger charge is 2.61. The van der Waals surface area contributed by atoms with Gasteiger partial charge in [-0.1, -0.05) is 26.0 Å². The molecule has 1 nitrogen and oxygen atoms in total. The molecule has 3 aliphatic carbocycles. The van der Waals surface area contributed by atoms with Crippen LogP contribution in [0.15, 0.2) is 12.2 Å². The monoisotopic (exact) mass is 218 g/mol. The van der Waals surface area contributed by atoms with Crippen LogP contribution in [0.3, 0.4) is 0 Å². The Morgan fingerprint density at radius 2 is 2.06 bits per heavy atom. The minimum atomic E-state index is 0.308. The predicted octanol–water partition coefficient (Wildman–Crippen LogP) is 3.59. The zero-order chi connectivity index (χ0) is 11.6. The van der Waals surface area contributed by atoms with Crippen molar-refractivity contribution < 1.29 is 4.79 Å². The van der Waals surface area contributed by atoms with E-state index in [0.29, 0.717) is 22.7 Å². The molecule has 0 aromatic carbocycles. The van der Waals surface area contributed by atoms with Gasteiger partial charge in [0.1, 0.15) is 6.29 Å². The molecule has 3 fully saturated rings. The number of hydrogen-bond donors (Lipinski definition) is 0. The fourth-order valence-electron chi connectivity index (χ4n) is 4.99. The second kappa shape index (κ2) is 3.00. The molecule has 1 spiro atoms. The molecule has 0 aromatic heterocycles. The first-order valence-electron chi connectivity index (χ1n) is 6.67. The van der Waals surface area contributed by atoms with Crippen molar-refractivity contribution in [3.05, 3.63) is 12.2 Å². The topological polar surface area (TPSA) is 17.1 Å². The van der Waals surface area contributed by atoms with Gasteiger partial charge in [-0.3, -0.25) is 0 Å². The Bertz CT molecular complexity index is 354. The highest BCUT2D eigenvalue weighted by atomic mass is 16.1. The Labute approximate surface area is 98.3 Å². The smallest absolute Gasteiger partial charge is 0.123 e. The van der Waals surface area contributed by atoms with Crippen molar-refractivity contribution in [3.63, 3.8) is 0 Å². The average molecular weight is 218 g/mol. The zero-order valence-corrected chi connectivity index (χ0v) is 10.5. The van der Waals surface area contributed by atoms with Crippen LogP contribution in [0.25, 0.3) is 0 Å². The average Bonchev–Trinajstić information content (AvgIpc) is 2.81. The molecule has 0 aromatic rings. The number of rotatable bonds is 1. The van der Waals surface area contributed by atoms with Crippen LogP contribution >= 0.6 is 0 Å². The Kier molecular flexibility index (Phi) is 1.98. The second-order valence-electron chi connectivity index (χ2n) is 6.79. The number of fused-ring (bicyclic) bond motifs is 1. The first-order valence-corrected chi connectivity index (χ1v) is 6.67. The third-order valence-corrected chi connectivity index (χ3v) is 6.22. The van der Waals surface area contributed by atoms with Crippen molar-refractivity contribution in [1.29, 1.82) is 0 Å². The number of carbonyl (C=O) groups is 1. The SMILES string of the molecule is C=C1C2CC[C@@H](C=O)[C@@]23CC[C@H](C3)C1(C)C. The summed E-state index contributed by atoms with van der Waals surface area (Å²) < 4.78 is 0. The van der Waals surface area contributed by atoms with Crippen LogP contribution in [0.5, 0.6) is 0 Å². The van der Waals surface area contributed by atoms with Crippen molar-refractivity contribution in [2.45, 2.75) is 46.0 Å². The van der Waals surface area contributed by atoms with Gasteiger partial charge in [0.15, 0.2) is 0 Å². The molecule has 16 heavy (non-hydrogen) atoms. The van der Waals surface area contributed by atoms with Crippen LogP contribution in [0.4, 0.5) is 0 Å². The van der Waals surface area contributed by atoms with E-state index in [4.69, 9.17) is 0 Å². The van der Waals surface area contributed by atoms with E-state index in [1.54, 1.807) is 0 Å². The lowest BCUT2D eigenvalue weighted by atomic mass is 9.56. The van der Waals surface area contributed by atoms with Gasteiger partial charge in [-0.25, -0.2) is 0 Å². The lowest BCUT2D eigenvalue weighted by Crippen LogP contribution is -2.41.